The van der Waals surface area contributed by atoms with Gasteiger partial charge in [0.25, 0.3) is 0 Å². The van der Waals surface area contributed by atoms with Crippen molar-refractivity contribution in [2.45, 2.75) is 44.6 Å². The summed E-state index contributed by atoms with van der Waals surface area (Å²) in [4.78, 5) is 0. The molecule has 2 rings (SSSR count). The van der Waals surface area contributed by atoms with Crippen LogP contribution < -0.4 is 10.5 Å². The Hall–Kier alpha value is -0.700. The number of nitrogens with two attached hydrogens (primary N) is 1. The molecule has 0 unspecified atom stereocenters. The molecule has 0 radical (unpaired) electrons. The molecule has 3 heteroatoms. The summed E-state index contributed by atoms with van der Waals surface area (Å²) in [5, 5.41) is 0. The number of nitrogen functional groups attached to an aromatic ring is 1. The van der Waals surface area contributed by atoms with Gasteiger partial charge in [0.05, 0.1) is 10.6 Å². The monoisotopic (exact) mass is 283 g/mol. The van der Waals surface area contributed by atoms with Gasteiger partial charge in [0, 0.05) is 5.69 Å². The smallest absolute Gasteiger partial charge is 0.134 e. The Morgan fingerprint density at radius 1 is 1.12 bits per heavy atom. The Labute approximate surface area is 105 Å². The first-order chi connectivity index (χ1) is 7.75. The summed E-state index contributed by atoms with van der Waals surface area (Å²) in [6, 6.07) is 5.73. The van der Waals surface area contributed by atoms with Crippen molar-refractivity contribution in [2.24, 2.45) is 0 Å². The molecule has 2 nitrogen and oxygen atoms in total. The zero-order valence-corrected chi connectivity index (χ0v) is 11.0. The van der Waals surface area contributed by atoms with E-state index in [0.717, 1.165) is 15.9 Å². The van der Waals surface area contributed by atoms with Gasteiger partial charge < -0.3 is 10.5 Å². The van der Waals surface area contributed by atoms with E-state index in [0.29, 0.717) is 6.10 Å². The van der Waals surface area contributed by atoms with Crippen molar-refractivity contribution in [1.82, 2.24) is 0 Å². The van der Waals surface area contributed by atoms with Crippen molar-refractivity contribution in [3.8, 4) is 5.75 Å². The van der Waals surface area contributed by atoms with Gasteiger partial charge in [-0.25, -0.2) is 0 Å². The first-order valence-electron chi connectivity index (χ1n) is 5.97. The van der Waals surface area contributed by atoms with Crippen LogP contribution in [0.3, 0.4) is 0 Å². The Morgan fingerprint density at radius 3 is 2.44 bits per heavy atom. The molecule has 0 aliphatic heterocycles. The van der Waals surface area contributed by atoms with Crippen LogP contribution in [0.15, 0.2) is 22.7 Å². The van der Waals surface area contributed by atoms with Crippen LogP contribution in [-0.2, 0) is 0 Å². The molecule has 0 saturated heterocycles. The highest BCUT2D eigenvalue weighted by Crippen LogP contribution is 2.30. The van der Waals surface area contributed by atoms with Crippen LogP contribution >= 0.6 is 15.9 Å². The third kappa shape index (κ3) is 3.14. The average Bonchev–Trinajstić information content (AvgIpc) is 2.51. The van der Waals surface area contributed by atoms with Crippen LogP contribution in [0.1, 0.15) is 38.5 Å². The second-order valence-corrected chi connectivity index (χ2v) is 5.28. The average molecular weight is 284 g/mol. The van der Waals surface area contributed by atoms with Gasteiger partial charge in [-0.2, -0.15) is 0 Å². The summed E-state index contributed by atoms with van der Waals surface area (Å²) in [6.45, 7) is 0. The minimum Gasteiger partial charge on any atom is -0.489 e. The normalized spacial score (nSPS) is 18.1. The number of ether oxygens (including phenoxy) is 1. The minimum atomic E-state index is 0.377. The van der Waals surface area contributed by atoms with Crippen molar-refractivity contribution in [3.05, 3.63) is 22.7 Å². The van der Waals surface area contributed by atoms with Crippen LogP contribution in [0.4, 0.5) is 5.69 Å². The fourth-order valence-electron chi connectivity index (χ4n) is 2.15. The van der Waals surface area contributed by atoms with Crippen LogP contribution in [0.25, 0.3) is 0 Å². The Balaban J connectivity index is 2.01. The summed E-state index contributed by atoms with van der Waals surface area (Å²) >= 11 is 3.49. The summed E-state index contributed by atoms with van der Waals surface area (Å²) in [6.07, 6.45) is 8.01. The van der Waals surface area contributed by atoms with Crippen LogP contribution in [0, 0.1) is 0 Å². The molecule has 0 bridgehead atoms. The van der Waals surface area contributed by atoms with Crippen molar-refractivity contribution in [1.29, 1.82) is 0 Å². The van der Waals surface area contributed by atoms with Gasteiger partial charge in [-0.3, -0.25) is 0 Å². The second kappa shape index (κ2) is 5.58. The van der Waals surface area contributed by atoms with Gasteiger partial charge in [-0.15, -0.1) is 0 Å². The molecule has 0 spiro atoms. The summed E-state index contributed by atoms with van der Waals surface area (Å²) in [7, 11) is 0. The topological polar surface area (TPSA) is 35.2 Å². The molecule has 0 amide bonds. The second-order valence-electron chi connectivity index (χ2n) is 4.42. The lowest BCUT2D eigenvalue weighted by Gasteiger charge is -2.18. The molecule has 0 atom stereocenters. The number of hydrogen-bond donors (Lipinski definition) is 1. The fraction of sp³-hybridized carbons (Fsp3) is 0.538. The third-order valence-electron chi connectivity index (χ3n) is 3.05. The van der Waals surface area contributed by atoms with E-state index in [-0.39, 0.29) is 0 Å². The molecular weight excluding hydrogens is 266 g/mol. The standard InChI is InChI=1S/C13H18BrNO/c14-12-9-10(15)7-8-13(12)16-11-5-3-1-2-4-6-11/h7-9,11H,1-6,15H2. The van der Waals surface area contributed by atoms with Crippen molar-refractivity contribution in [2.75, 3.05) is 5.73 Å². The zero-order valence-electron chi connectivity index (χ0n) is 9.42. The maximum atomic E-state index is 6.02. The summed E-state index contributed by atoms with van der Waals surface area (Å²) in [5.41, 5.74) is 6.46. The number of anilines is 1. The van der Waals surface area contributed by atoms with Gasteiger partial charge in [-0.1, -0.05) is 12.8 Å². The first-order valence-corrected chi connectivity index (χ1v) is 6.77. The Morgan fingerprint density at radius 2 is 1.81 bits per heavy atom. The van der Waals surface area contributed by atoms with Crippen LogP contribution in [0.2, 0.25) is 0 Å². The van der Waals surface area contributed by atoms with Crippen molar-refractivity contribution in [3.63, 3.8) is 0 Å². The maximum absolute atomic E-state index is 6.02. The van der Waals surface area contributed by atoms with Gasteiger partial charge >= 0.3 is 0 Å². The van der Waals surface area contributed by atoms with E-state index in [1.54, 1.807) is 0 Å². The zero-order chi connectivity index (χ0) is 11.4. The molecule has 2 N–H and O–H groups in total. The fourth-order valence-corrected chi connectivity index (χ4v) is 2.64. The number of hydrogen-bond acceptors (Lipinski definition) is 2. The van der Waals surface area contributed by atoms with E-state index >= 15 is 0 Å². The number of benzene rings is 1. The number of rotatable bonds is 2. The van der Waals surface area contributed by atoms with Gasteiger partial charge in [0.1, 0.15) is 5.75 Å². The Bertz CT molecular complexity index is 346. The van der Waals surface area contributed by atoms with Gasteiger partial charge in [-0.05, 0) is 59.8 Å². The SMILES string of the molecule is Nc1ccc(OC2CCCCCC2)c(Br)c1. The van der Waals surface area contributed by atoms with Gasteiger partial charge in [0.2, 0.25) is 0 Å². The van der Waals surface area contributed by atoms with Gasteiger partial charge in [0.15, 0.2) is 0 Å². The van der Waals surface area contributed by atoms with E-state index in [1.807, 2.05) is 18.2 Å². The van der Waals surface area contributed by atoms with E-state index < -0.39 is 0 Å². The van der Waals surface area contributed by atoms with Crippen LogP contribution in [0.5, 0.6) is 5.75 Å². The molecule has 0 heterocycles. The molecule has 1 aromatic rings. The molecule has 0 aromatic heterocycles. The maximum Gasteiger partial charge on any atom is 0.134 e. The molecule has 1 aliphatic carbocycles. The van der Waals surface area contributed by atoms with Crippen LogP contribution in [-0.4, -0.2) is 6.10 Å². The summed E-state index contributed by atoms with van der Waals surface area (Å²) < 4.78 is 6.97. The molecule has 1 fully saturated rings. The lowest BCUT2D eigenvalue weighted by Crippen LogP contribution is -2.15. The predicted molar refractivity (Wildman–Crippen MR) is 70.7 cm³/mol. The molecule has 1 saturated carbocycles. The predicted octanol–water partition coefficient (Wildman–Crippen LogP) is 4.13. The van der Waals surface area contributed by atoms with E-state index in [2.05, 4.69) is 15.9 Å². The molecular formula is C13H18BrNO. The van der Waals surface area contributed by atoms with E-state index in [1.165, 1.54) is 38.5 Å². The lowest BCUT2D eigenvalue weighted by molar-refractivity contribution is 0.182. The highest BCUT2D eigenvalue weighted by Gasteiger charge is 2.14. The molecule has 1 aliphatic rings. The van der Waals surface area contributed by atoms with E-state index in [9.17, 15) is 0 Å². The summed E-state index contributed by atoms with van der Waals surface area (Å²) in [5.74, 6) is 0.918. The third-order valence-corrected chi connectivity index (χ3v) is 3.67. The number of halogens is 1. The molecule has 88 valence electrons. The minimum absolute atomic E-state index is 0.377. The van der Waals surface area contributed by atoms with Crippen molar-refractivity contribution >= 4 is 21.6 Å². The molecule has 1 aromatic carbocycles. The lowest BCUT2D eigenvalue weighted by atomic mass is 10.1. The largest absolute Gasteiger partial charge is 0.489 e. The first kappa shape index (κ1) is 11.8. The van der Waals surface area contributed by atoms with Crippen molar-refractivity contribution < 1.29 is 4.74 Å². The highest BCUT2D eigenvalue weighted by molar-refractivity contribution is 9.10. The van der Waals surface area contributed by atoms with E-state index in [4.69, 9.17) is 10.5 Å². The quantitative estimate of drug-likeness (QED) is 0.654. The molecule has 16 heavy (non-hydrogen) atoms. The Kier molecular flexibility index (Phi) is 4.10. The highest BCUT2D eigenvalue weighted by atomic mass is 79.9.